The second-order valence-corrected chi connectivity index (χ2v) is 8.87. The number of allylic oxidation sites excluding steroid dienone is 5. The molecule has 1 aromatic rings. The van der Waals surface area contributed by atoms with Gasteiger partial charge in [-0.25, -0.2) is 0 Å². The van der Waals surface area contributed by atoms with Crippen molar-refractivity contribution >= 4 is 5.57 Å². The quantitative estimate of drug-likeness (QED) is 0.337. The maximum Gasteiger partial charge on any atom is -0.0162 e. The van der Waals surface area contributed by atoms with E-state index in [2.05, 4.69) is 69.8 Å². The number of unbranched alkanes of at least 4 members (excludes halogenated alkanes) is 1. The fourth-order valence-corrected chi connectivity index (χ4v) is 4.51. The van der Waals surface area contributed by atoms with Gasteiger partial charge in [0.1, 0.15) is 0 Å². The van der Waals surface area contributed by atoms with Crippen LogP contribution in [0.1, 0.15) is 102 Å². The van der Waals surface area contributed by atoms with E-state index in [1.54, 1.807) is 0 Å². The molecule has 0 heterocycles. The Balaban J connectivity index is 1.96. The van der Waals surface area contributed by atoms with Gasteiger partial charge < -0.3 is 0 Å². The zero-order valence-electron chi connectivity index (χ0n) is 18.6. The van der Waals surface area contributed by atoms with Crippen LogP contribution in [0.15, 0.2) is 55.1 Å². The summed E-state index contributed by atoms with van der Waals surface area (Å²) in [6.45, 7) is 11.0. The van der Waals surface area contributed by atoms with Crippen molar-refractivity contribution in [2.75, 3.05) is 0 Å². The minimum atomic E-state index is 0.716. The monoisotopic (exact) mass is 378 g/mol. The van der Waals surface area contributed by atoms with Crippen molar-refractivity contribution in [1.29, 1.82) is 0 Å². The van der Waals surface area contributed by atoms with Gasteiger partial charge in [0.05, 0.1) is 0 Å². The van der Waals surface area contributed by atoms with E-state index >= 15 is 0 Å². The molecule has 0 spiro atoms. The summed E-state index contributed by atoms with van der Waals surface area (Å²) < 4.78 is 0. The molecule has 0 radical (unpaired) electrons. The van der Waals surface area contributed by atoms with Crippen LogP contribution in [0, 0.1) is 11.8 Å². The lowest BCUT2D eigenvalue weighted by Crippen LogP contribution is -2.11. The largest absolute Gasteiger partial charge is 0.0984 e. The Kier molecular flexibility index (Phi) is 10.4. The second kappa shape index (κ2) is 12.8. The Labute approximate surface area is 174 Å². The molecule has 0 heteroatoms. The van der Waals surface area contributed by atoms with E-state index in [4.69, 9.17) is 0 Å². The van der Waals surface area contributed by atoms with Crippen molar-refractivity contribution in [1.82, 2.24) is 0 Å². The molecule has 1 aliphatic rings. The van der Waals surface area contributed by atoms with E-state index in [9.17, 15) is 0 Å². The van der Waals surface area contributed by atoms with E-state index in [-0.39, 0.29) is 0 Å². The lowest BCUT2D eigenvalue weighted by molar-refractivity contribution is 0.292. The average Bonchev–Trinajstić information content (AvgIpc) is 2.73. The van der Waals surface area contributed by atoms with Crippen molar-refractivity contribution < 1.29 is 0 Å². The molecule has 1 aliphatic carbocycles. The first-order chi connectivity index (χ1) is 13.7. The summed E-state index contributed by atoms with van der Waals surface area (Å²) in [6, 6.07) is 9.26. The van der Waals surface area contributed by atoms with E-state index in [0.29, 0.717) is 5.92 Å². The first-order valence-electron chi connectivity index (χ1n) is 11.8. The van der Waals surface area contributed by atoms with Crippen molar-refractivity contribution in [3.8, 4) is 0 Å². The van der Waals surface area contributed by atoms with Gasteiger partial charge in [-0.05, 0) is 66.6 Å². The van der Waals surface area contributed by atoms with Gasteiger partial charge in [-0.3, -0.25) is 0 Å². The molecule has 1 aromatic carbocycles. The van der Waals surface area contributed by atoms with Crippen LogP contribution in [-0.2, 0) is 0 Å². The highest BCUT2D eigenvalue weighted by atomic mass is 14.2. The fourth-order valence-electron chi connectivity index (χ4n) is 4.51. The summed E-state index contributed by atoms with van der Waals surface area (Å²) in [6.07, 6.45) is 22.2. The molecule has 28 heavy (non-hydrogen) atoms. The summed E-state index contributed by atoms with van der Waals surface area (Å²) in [5.74, 6) is 2.55. The molecule has 0 N–H and O–H groups in total. The molecule has 0 aromatic heterocycles. The minimum absolute atomic E-state index is 0.716. The van der Waals surface area contributed by atoms with Crippen LogP contribution in [0.2, 0.25) is 0 Å². The Morgan fingerprint density at radius 1 is 1.04 bits per heavy atom. The molecule has 0 amide bonds. The fraction of sp³-hybridized carbons (Fsp3) is 0.571. The van der Waals surface area contributed by atoms with Gasteiger partial charge >= 0.3 is 0 Å². The van der Waals surface area contributed by atoms with Crippen LogP contribution >= 0.6 is 0 Å². The molecular weight excluding hydrogens is 336 g/mol. The summed E-state index contributed by atoms with van der Waals surface area (Å²) in [5.41, 5.74) is 4.01. The molecule has 0 nitrogen and oxygen atoms in total. The normalized spacial score (nSPS) is 21.8. The minimum Gasteiger partial charge on any atom is -0.0984 e. The molecule has 1 fully saturated rings. The Hall–Kier alpha value is -1.56. The average molecular weight is 379 g/mol. The maximum absolute atomic E-state index is 4.04. The standard InChI is InChI=1S/C28H42/c1-5-8-13-26(11-6-2)28-21-19-27(20-22-28)25(7-3)14-10-9-12-24-17-15-23(4)16-18-24/h7,9-10,14,19-24,26H,3,5-6,8,11-13,15-18H2,1-2,4H3/b10-9?,25-14+. The zero-order valence-corrected chi connectivity index (χ0v) is 18.6. The molecule has 1 saturated carbocycles. The first kappa shape index (κ1) is 22.7. The molecule has 0 saturated heterocycles. The van der Waals surface area contributed by atoms with Gasteiger partial charge in [-0.1, -0.05) is 108 Å². The lowest BCUT2D eigenvalue weighted by atomic mass is 9.81. The number of hydrogen-bond donors (Lipinski definition) is 0. The Bertz CT molecular complexity index is 608. The molecule has 0 bridgehead atoms. The predicted molar refractivity (Wildman–Crippen MR) is 127 cm³/mol. The predicted octanol–water partition coefficient (Wildman–Crippen LogP) is 9.10. The van der Waals surface area contributed by atoms with Crippen LogP contribution in [-0.4, -0.2) is 0 Å². The van der Waals surface area contributed by atoms with Crippen LogP contribution in [0.3, 0.4) is 0 Å². The number of benzene rings is 1. The molecule has 2 rings (SSSR count). The van der Waals surface area contributed by atoms with Crippen molar-refractivity contribution in [2.45, 2.75) is 90.9 Å². The summed E-state index contributed by atoms with van der Waals surface area (Å²) in [4.78, 5) is 0. The van der Waals surface area contributed by atoms with Gasteiger partial charge in [-0.2, -0.15) is 0 Å². The third-order valence-corrected chi connectivity index (χ3v) is 6.50. The smallest absolute Gasteiger partial charge is 0.0162 e. The van der Waals surface area contributed by atoms with Crippen LogP contribution < -0.4 is 0 Å². The molecule has 154 valence electrons. The summed E-state index contributed by atoms with van der Waals surface area (Å²) >= 11 is 0. The molecule has 1 atom stereocenters. The zero-order chi connectivity index (χ0) is 20.2. The van der Waals surface area contributed by atoms with Gasteiger partial charge in [0.15, 0.2) is 0 Å². The van der Waals surface area contributed by atoms with Crippen molar-refractivity contribution in [3.05, 3.63) is 66.3 Å². The summed E-state index contributed by atoms with van der Waals surface area (Å²) in [5, 5.41) is 0. The van der Waals surface area contributed by atoms with Crippen LogP contribution in [0.25, 0.3) is 5.57 Å². The van der Waals surface area contributed by atoms with Crippen LogP contribution in [0.5, 0.6) is 0 Å². The molecule has 0 aliphatic heterocycles. The van der Waals surface area contributed by atoms with Gasteiger partial charge in [0.25, 0.3) is 0 Å². The van der Waals surface area contributed by atoms with Gasteiger partial charge in [-0.15, -0.1) is 0 Å². The van der Waals surface area contributed by atoms with Crippen molar-refractivity contribution in [2.24, 2.45) is 11.8 Å². The highest BCUT2D eigenvalue weighted by Gasteiger charge is 2.16. The van der Waals surface area contributed by atoms with E-state index in [1.165, 1.54) is 80.9 Å². The first-order valence-corrected chi connectivity index (χ1v) is 11.8. The number of hydrogen-bond acceptors (Lipinski definition) is 0. The third-order valence-electron chi connectivity index (χ3n) is 6.50. The SMILES string of the molecule is C=C/C(=C\C=CCC1CCC(C)CC1)c1ccc(C(CCC)CCCC)cc1. The van der Waals surface area contributed by atoms with Crippen molar-refractivity contribution in [3.63, 3.8) is 0 Å². The summed E-state index contributed by atoms with van der Waals surface area (Å²) in [7, 11) is 0. The van der Waals surface area contributed by atoms with Gasteiger partial charge in [0, 0.05) is 0 Å². The maximum atomic E-state index is 4.04. The highest BCUT2D eigenvalue weighted by molar-refractivity contribution is 5.74. The lowest BCUT2D eigenvalue weighted by Gasteiger charge is -2.24. The van der Waals surface area contributed by atoms with E-state index < -0.39 is 0 Å². The highest BCUT2D eigenvalue weighted by Crippen LogP contribution is 2.31. The Morgan fingerprint density at radius 2 is 1.75 bits per heavy atom. The van der Waals surface area contributed by atoms with Crippen LogP contribution in [0.4, 0.5) is 0 Å². The number of rotatable bonds is 11. The van der Waals surface area contributed by atoms with E-state index in [1.807, 2.05) is 6.08 Å². The molecular formula is C28H42. The molecule has 1 unspecified atom stereocenters. The van der Waals surface area contributed by atoms with E-state index in [0.717, 1.165) is 11.8 Å². The second-order valence-electron chi connectivity index (χ2n) is 8.87. The third kappa shape index (κ3) is 7.46. The van der Waals surface area contributed by atoms with Gasteiger partial charge in [0.2, 0.25) is 0 Å². The topological polar surface area (TPSA) is 0 Å². The Morgan fingerprint density at radius 3 is 2.36 bits per heavy atom.